The maximum absolute atomic E-state index is 14.1. The van der Waals surface area contributed by atoms with Gasteiger partial charge >= 0.3 is 0 Å². The molecule has 1 aromatic carbocycles. The van der Waals surface area contributed by atoms with Crippen LogP contribution < -0.4 is 11.3 Å². The smallest absolute Gasteiger partial charge is 0.130 e. The number of nitrogens with zero attached hydrogens (tertiary/aromatic N) is 1. The van der Waals surface area contributed by atoms with E-state index in [4.69, 9.17) is 5.84 Å². The van der Waals surface area contributed by atoms with Crippen molar-refractivity contribution in [1.82, 2.24) is 10.4 Å². The Morgan fingerprint density at radius 1 is 1.42 bits per heavy atom. The fourth-order valence-electron chi connectivity index (χ4n) is 2.00. The van der Waals surface area contributed by atoms with Crippen molar-refractivity contribution in [2.45, 2.75) is 19.4 Å². The topological polar surface area (TPSA) is 50.9 Å². The molecule has 0 aliphatic heterocycles. The molecule has 3 nitrogen and oxygen atoms in total. The van der Waals surface area contributed by atoms with Gasteiger partial charge in [0.2, 0.25) is 0 Å². The van der Waals surface area contributed by atoms with Gasteiger partial charge in [-0.15, -0.1) is 0 Å². The Bertz CT molecular complexity index is 574. The molecule has 0 aliphatic rings. The molecule has 0 saturated carbocycles. The van der Waals surface area contributed by atoms with Crippen LogP contribution in [0.5, 0.6) is 0 Å². The molecule has 1 aromatic heterocycles. The first-order chi connectivity index (χ1) is 9.11. The lowest BCUT2D eigenvalue weighted by atomic mass is 9.98. The number of hydrazine groups is 1. The van der Waals surface area contributed by atoms with E-state index in [1.165, 1.54) is 0 Å². The minimum Gasteiger partial charge on any atom is -0.271 e. The highest BCUT2D eigenvalue weighted by atomic mass is 79.9. The molecule has 0 radical (unpaired) electrons. The van der Waals surface area contributed by atoms with E-state index in [1.54, 1.807) is 31.5 Å². The van der Waals surface area contributed by atoms with Crippen LogP contribution in [-0.2, 0) is 6.42 Å². The van der Waals surface area contributed by atoms with E-state index in [2.05, 4.69) is 26.3 Å². The normalized spacial score (nSPS) is 12.4. The van der Waals surface area contributed by atoms with Gasteiger partial charge in [-0.3, -0.25) is 16.3 Å². The van der Waals surface area contributed by atoms with Crippen LogP contribution in [0.15, 0.2) is 41.1 Å². The molecule has 0 bridgehead atoms. The van der Waals surface area contributed by atoms with E-state index < -0.39 is 0 Å². The fraction of sp³-hybridized carbons (Fsp3) is 0.214. The predicted molar refractivity (Wildman–Crippen MR) is 76.8 cm³/mol. The third kappa shape index (κ3) is 3.37. The molecule has 5 heteroatoms. The first kappa shape index (κ1) is 14.1. The SMILES string of the molecule is Cc1cccc(C(Cc2cncc(Br)c2)NN)c1F. The minimum atomic E-state index is -0.281. The zero-order valence-electron chi connectivity index (χ0n) is 10.5. The summed E-state index contributed by atoms with van der Waals surface area (Å²) in [6, 6.07) is 6.99. The highest BCUT2D eigenvalue weighted by Crippen LogP contribution is 2.23. The Balaban J connectivity index is 2.28. The zero-order valence-corrected chi connectivity index (χ0v) is 12.1. The lowest BCUT2D eigenvalue weighted by Gasteiger charge is -2.18. The summed E-state index contributed by atoms with van der Waals surface area (Å²) >= 11 is 3.37. The molecule has 1 unspecified atom stereocenters. The number of aryl methyl sites for hydroxylation is 1. The van der Waals surface area contributed by atoms with Gasteiger partial charge in [0, 0.05) is 22.4 Å². The van der Waals surface area contributed by atoms with Gasteiger partial charge in [0.1, 0.15) is 5.82 Å². The number of hydrogen-bond donors (Lipinski definition) is 2. The predicted octanol–water partition coefficient (Wildman–Crippen LogP) is 3.04. The molecule has 0 amide bonds. The second kappa shape index (κ2) is 6.23. The van der Waals surface area contributed by atoms with E-state index in [1.807, 2.05) is 12.1 Å². The second-order valence-electron chi connectivity index (χ2n) is 4.41. The summed E-state index contributed by atoms with van der Waals surface area (Å²) in [7, 11) is 0. The zero-order chi connectivity index (χ0) is 13.8. The third-order valence-corrected chi connectivity index (χ3v) is 3.43. The molecule has 0 aliphatic carbocycles. The molecule has 1 heterocycles. The number of aromatic nitrogens is 1. The first-order valence-corrected chi connectivity index (χ1v) is 6.71. The summed E-state index contributed by atoms with van der Waals surface area (Å²) < 4.78 is 15.0. The Morgan fingerprint density at radius 3 is 2.89 bits per heavy atom. The summed E-state index contributed by atoms with van der Waals surface area (Å²) in [6.45, 7) is 1.74. The van der Waals surface area contributed by atoms with E-state index in [-0.39, 0.29) is 11.9 Å². The first-order valence-electron chi connectivity index (χ1n) is 5.92. The summed E-state index contributed by atoms with van der Waals surface area (Å²) in [5.41, 5.74) is 4.84. The van der Waals surface area contributed by atoms with Crippen LogP contribution >= 0.6 is 15.9 Å². The number of nitrogens with one attached hydrogen (secondary N) is 1. The summed E-state index contributed by atoms with van der Waals surface area (Å²) in [5, 5.41) is 0. The number of halogens is 2. The van der Waals surface area contributed by atoms with Gasteiger partial charge in [0.15, 0.2) is 0 Å². The number of benzene rings is 1. The molecule has 2 aromatic rings. The fourth-order valence-corrected chi connectivity index (χ4v) is 2.41. The van der Waals surface area contributed by atoms with Crippen LogP contribution in [0.25, 0.3) is 0 Å². The second-order valence-corrected chi connectivity index (χ2v) is 5.33. The van der Waals surface area contributed by atoms with Crippen molar-refractivity contribution in [3.05, 3.63) is 63.6 Å². The standard InChI is InChI=1S/C14H15BrFN3/c1-9-3-2-4-12(14(9)16)13(19-17)6-10-5-11(15)8-18-7-10/h2-5,7-8,13,19H,6,17H2,1H3. The lowest BCUT2D eigenvalue weighted by Crippen LogP contribution is -2.30. The van der Waals surface area contributed by atoms with Crippen LogP contribution in [0, 0.1) is 12.7 Å². The number of nitrogens with two attached hydrogens (primary N) is 1. The van der Waals surface area contributed by atoms with E-state index in [0.29, 0.717) is 17.5 Å². The summed E-state index contributed by atoms with van der Waals surface area (Å²) in [6.07, 6.45) is 4.04. The van der Waals surface area contributed by atoms with Crippen LogP contribution in [0.2, 0.25) is 0 Å². The van der Waals surface area contributed by atoms with Crippen molar-refractivity contribution in [2.24, 2.45) is 5.84 Å². The van der Waals surface area contributed by atoms with Crippen molar-refractivity contribution in [1.29, 1.82) is 0 Å². The Kier molecular flexibility index (Phi) is 4.63. The number of rotatable bonds is 4. The van der Waals surface area contributed by atoms with Crippen LogP contribution in [-0.4, -0.2) is 4.98 Å². The maximum atomic E-state index is 14.1. The molecular formula is C14H15BrFN3. The molecule has 0 saturated heterocycles. The molecule has 2 rings (SSSR count). The van der Waals surface area contributed by atoms with Crippen molar-refractivity contribution in [3.63, 3.8) is 0 Å². The average molecular weight is 324 g/mol. The van der Waals surface area contributed by atoms with Crippen LogP contribution in [0.1, 0.15) is 22.7 Å². The Hall–Kier alpha value is -1.30. The van der Waals surface area contributed by atoms with Gasteiger partial charge in [0.05, 0.1) is 6.04 Å². The van der Waals surface area contributed by atoms with Gasteiger partial charge in [-0.05, 0) is 46.5 Å². The van der Waals surface area contributed by atoms with Crippen molar-refractivity contribution < 1.29 is 4.39 Å². The van der Waals surface area contributed by atoms with Gasteiger partial charge < -0.3 is 0 Å². The maximum Gasteiger partial charge on any atom is 0.130 e. The molecule has 0 spiro atoms. The quantitative estimate of drug-likeness (QED) is 0.671. The van der Waals surface area contributed by atoms with Gasteiger partial charge in [-0.1, -0.05) is 18.2 Å². The summed E-state index contributed by atoms with van der Waals surface area (Å²) in [4.78, 5) is 4.10. The molecule has 19 heavy (non-hydrogen) atoms. The third-order valence-electron chi connectivity index (χ3n) is 3.00. The molecule has 1 atom stereocenters. The number of hydrogen-bond acceptors (Lipinski definition) is 3. The molecule has 3 N–H and O–H groups in total. The van der Waals surface area contributed by atoms with Crippen molar-refractivity contribution >= 4 is 15.9 Å². The van der Waals surface area contributed by atoms with Gasteiger partial charge in [-0.25, -0.2) is 4.39 Å². The largest absolute Gasteiger partial charge is 0.271 e. The lowest BCUT2D eigenvalue weighted by molar-refractivity contribution is 0.507. The van der Waals surface area contributed by atoms with Crippen LogP contribution in [0.3, 0.4) is 0 Å². The van der Waals surface area contributed by atoms with E-state index >= 15 is 0 Å². The van der Waals surface area contributed by atoms with Crippen LogP contribution in [0.4, 0.5) is 4.39 Å². The molecule has 0 fully saturated rings. The monoisotopic (exact) mass is 323 g/mol. The Morgan fingerprint density at radius 2 is 2.21 bits per heavy atom. The summed E-state index contributed by atoms with van der Waals surface area (Å²) in [5.74, 6) is 5.35. The van der Waals surface area contributed by atoms with Crippen molar-refractivity contribution in [2.75, 3.05) is 0 Å². The average Bonchev–Trinajstić information content (AvgIpc) is 2.40. The molecular weight excluding hydrogens is 309 g/mol. The van der Waals surface area contributed by atoms with E-state index in [9.17, 15) is 4.39 Å². The van der Waals surface area contributed by atoms with Gasteiger partial charge in [-0.2, -0.15) is 0 Å². The van der Waals surface area contributed by atoms with E-state index in [0.717, 1.165) is 10.0 Å². The highest BCUT2D eigenvalue weighted by Gasteiger charge is 2.16. The van der Waals surface area contributed by atoms with Gasteiger partial charge in [0.25, 0.3) is 0 Å². The number of pyridine rings is 1. The Labute approximate surface area is 120 Å². The highest BCUT2D eigenvalue weighted by molar-refractivity contribution is 9.10. The minimum absolute atomic E-state index is 0.214. The van der Waals surface area contributed by atoms with Crippen molar-refractivity contribution in [3.8, 4) is 0 Å². The molecule has 100 valence electrons.